The maximum atomic E-state index is 9.00. The maximum Gasteiger partial charge on any atom is 0.127 e. The van der Waals surface area contributed by atoms with Crippen LogP contribution in [0.5, 0.6) is 0 Å². The van der Waals surface area contributed by atoms with Crippen LogP contribution >= 0.6 is 0 Å². The number of benzene rings is 3. The number of hydrogen-bond donors (Lipinski definition) is 1. The normalized spacial score (nSPS) is 12.0. The van der Waals surface area contributed by atoms with Gasteiger partial charge in [0.1, 0.15) is 5.82 Å². The molecule has 0 saturated heterocycles. The summed E-state index contributed by atoms with van der Waals surface area (Å²) in [5.74, 6) is 0.879. The van der Waals surface area contributed by atoms with E-state index < -0.39 is 0 Å². The maximum absolute atomic E-state index is 9.00. The van der Waals surface area contributed by atoms with Gasteiger partial charge in [0.05, 0.1) is 28.7 Å². The topological polar surface area (TPSA) is 67.6 Å². The Balaban J connectivity index is 1.71. The van der Waals surface area contributed by atoms with Gasteiger partial charge in [-0.15, -0.1) is 0 Å². The molecule has 0 aliphatic heterocycles. The number of nitrogens with two attached hydrogens (primary N) is 1. The molecule has 0 fully saturated rings. The Morgan fingerprint density at radius 3 is 2.33 bits per heavy atom. The van der Waals surface area contributed by atoms with E-state index in [1.807, 2.05) is 60.7 Å². The van der Waals surface area contributed by atoms with E-state index in [0.29, 0.717) is 12.1 Å². The van der Waals surface area contributed by atoms with E-state index in [0.717, 1.165) is 28.8 Å². The van der Waals surface area contributed by atoms with Gasteiger partial charge in [-0.3, -0.25) is 0 Å². The molecule has 1 aromatic heterocycles. The van der Waals surface area contributed by atoms with Crippen LogP contribution in [0.2, 0.25) is 0 Å². The van der Waals surface area contributed by atoms with Gasteiger partial charge >= 0.3 is 0 Å². The van der Waals surface area contributed by atoms with Gasteiger partial charge in [-0.05, 0) is 41.8 Å². The minimum atomic E-state index is -0.196. The van der Waals surface area contributed by atoms with E-state index in [1.165, 1.54) is 5.56 Å². The summed E-state index contributed by atoms with van der Waals surface area (Å²) >= 11 is 0. The van der Waals surface area contributed by atoms with E-state index in [1.54, 1.807) is 0 Å². The summed E-state index contributed by atoms with van der Waals surface area (Å²) < 4.78 is 2.18. The molecule has 0 bridgehead atoms. The Morgan fingerprint density at radius 2 is 1.59 bits per heavy atom. The number of fused-ring (bicyclic) bond motifs is 1. The predicted molar refractivity (Wildman–Crippen MR) is 107 cm³/mol. The first-order valence-electron chi connectivity index (χ1n) is 8.98. The highest BCUT2D eigenvalue weighted by Gasteiger charge is 2.17. The van der Waals surface area contributed by atoms with Crippen LogP contribution in [0.4, 0.5) is 0 Å². The molecule has 0 radical (unpaired) electrons. The van der Waals surface area contributed by atoms with Crippen LogP contribution in [0.3, 0.4) is 0 Å². The lowest BCUT2D eigenvalue weighted by Gasteiger charge is -2.15. The quantitative estimate of drug-likeness (QED) is 0.585. The first kappa shape index (κ1) is 17.0. The second-order valence-electron chi connectivity index (χ2n) is 6.65. The van der Waals surface area contributed by atoms with Crippen LogP contribution in [-0.2, 0) is 13.0 Å². The largest absolute Gasteiger partial charge is 0.322 e. The third-order valence-electron chi connectivity index (χ3n) is 4.74. The molecular formula is C23H20N4. The Morgan fingerprint density at radius 1 is 0.889 bits per heavy atom. The number of nitrogens with zero attached hydrogens (tertiary/aromatic N) is 3. The van der Waals surface area contributed by atoms with E-state index >= 15 is 0 Å². The number of imidazole rings is 1. The molecule has 1 heterocycles. The van der Waals surface area contributed by atoms with Gasteiger partial charge in [0.25, 0.3) is 0 Å². The van der Waals surface area contributed by atoms with Gasteiger partial charge in [0, 0.05) is 6.54 Å². The molecule has 27 heavy (non-hydrogen) atoms. The van der Waals surface area contributed by atoms with E-state index in [-0.39, 0.29) is 6.04 Å². The monoisotopic (exact) mass is 352 g/mol. The molecule has 1 atom stereocenters. The van der Waals surface area contributed by atoms with Crippen LogP contribution in [-0.4, -0.2) is 9.55 Å². The summed E-state index contributed by atoms with van der Waals surface area (Å²) in [5, 5.41) is 9.00. The Labute approximate surface area is 158 Å². The summed E-state index contributed by atoms with van der Waals surface area (Å²) in [7, 11) is 0. The third-order valence-corrected chi connectivity index (χ3v) is 4.74. The highest BCUT2D eigenvalue weighted by Crippen LogP contribution is 2.23. The highest BCUT2D eigenvalue weighted by atomic mass is 15.1. The Kier molecular flexibility index (Phi) is 4.69. The van der Waals surface area contributed by atoms with E-state index in [9.17, 15) is 0 Å². The van der Waals surface area contributed by atoms with Crippen molar-refractivity contribution in [3.8, 4) is 6.07 Å². The second kappa shape index (κ2) is 7.45. The zero-order valence-electron chi connectivity index (χ0n) is 14.9. The average molecular weight is 352 g/mol. The molecule has 1 unspecified atom stereocenters. The third kappa shape index (κ3) is 3.59. The van der Waals surface area contributed by atoms with E-state index in [4.69, 9.17) is 16.0 Å². The van der Waals surface area contributed by atoms with Crippen LogP contribution in [0.25, 0.3) is 11.0 Å². The fourth-order valence-electron chi connectivity index (χ4n) is 3.37. The molecule has 0 aliphatic carbocycles. The van der Waals surface area contributed by atoms with Gasteiger partial charge in [-0.2, -0.15) is 5.26 Å². The van der Waals surface area contributed by atoms with Crippen molar-refractivity contribution >= 4 is 11.0 Å². The summed E-state index contributed by atoms with van der Waals surface area (Å²) in [4.78, 5) is 4.82. The first-order valence-corrected chi connectivity index (χ1v) is 8.98. The van der Waals surface area contributed by atoms with Crippen molar-refractivity contribution < 1.29 is 0 Å². The summed E-state index contributed by atoms with van der Waals surface area (Å²) in [5.41, 5.74) is 11.6. The molecule has 3 aromatic carbocycles. The van der Waals surface area contributed by atoms with Crippen molar-refractivity contribution in [2.45, 2.75) is 19.0 Å². The molecule has 132 valence electrons. The number of rotatable bonds is 5. The SMILES string of the molecule is N#Cc1ccc(Cn2c(C(N)Cc3ccccc3)nc3ccccc32)cc1. The van der Waals surface area contributed by atoms with Gasteiger partial charge in [0.2, 0.25) is 0 Å². The molecular weight excluding hydrogens is 332 g/mol. The number of hydrogen-bond acceptors (Lipinski definition) is 3. The Bertz CT molecular complexity index is 1090. The van der Waals surface area contributed by atoms with Crippen molar-refractivity contribution in [3.63, 3.8) is 0 Å². The lowest BCUT2D eigenvalue weighted by molar-refractivity contribution is 0.618. The fourth-order valence-corrected chi connectivity index (χ4v) is 3.37. The van der Waals surface area contributed by atoms with E-state index in [2.05, 4.69) is 28.8 Å². The van der Waals surface area contributed by atoms with Gasteiger partial charge in [-0.1, -0.05) is 54.6 Å². The minimum absolute atomic E-state index is 0.196. The smallest absolute Gasteiger partial charge is 0.127 e. The predicted octanol–water partition coefficient (Wildman–Crippen LogP) is 4.20. The molecule has 0 saturated carbocycles. The van der Waals surface area contributed by atoms with Crippen LogP contribution in [0.1, 0.15) is 28.6 Å². The molecule has 0 amide bonds. The molecule has 4 nitrogen and oxygen atoms in total. The summed E-state index contributed by atoms with van der Waals surface area (Å²) in [6.45, 7) is 0.671. The van der Waals surface area contributed by atoms with Crippen LogP contribution in [0.15, 0.2) is 78.9 Å². The highest BCUT2D eigenvalue weighted by molar-refractivity contribution is 5.76. The van der Waals surface area contributed by atoms with Gasteiger partial charge in [0.15, 0.2) is 0 Å². The van der Waals surface area contributed by atoms with Crippen molar-refractivity contribution in [2.24, 2.45) is 5.73 Å². The Hall–Kier alpha value is -3.42. The zero-order chi connectivity index (χ0) is 18.6. The molecule has 4 aromatic rings. The van der Waals surface area contributed by atoms with Crippen molar-refractivity contribution in [1.29, 1.82) is 5.26 Å². The van der Waals surface area contributed by atoms with Crippen LogP contribution < -0.4 is 5.73 Å². The lowest BCUT2D eigenvalue weighted by Crippen LogP contribution is -2.19. The molecule has 4 heteroatoms. The van der Waals surface area contributed by atoms with Crippen molar-refractivity contribution in [1.82, 2.24) is 9.55 Å². The van der Waals surface area contributed by atoms with Crippen molar-refractivity contribution in [2.75, 3.05) is 0 Å². The minimum Gasteiger partial charge on any atom is -0.322 e. The first-order chi connectivity index (χ1) is 13.2. The summed E-state index contributed by atoms with van der Waals surface area (Å²) in [6.07, 6.45) is 0.734. The van der Waals surface area contributed by atoms with Crippen molar-refractivity contribution in [3.05, 3.63) is 101 Å². The lowest BCUT2D eigenvalue weighted by atomic mass is 10.1. The summed E-state index contributed by atoms with van der Waals surface area (Å²) in [6, 6.07) is 28.0. The van der Waals surface area contributed by atoms with Gasteiger partial charge < -0.3 is 10.3 Å². The molecule has 2 N–H and O–H groups in total. The fraction of sp³-hybridized carbons (Fsp3) is 0.130. The standard InChI is InChI=1S/C23H20N4/c24-15-18-10-12-19(13-11-18)16-27-22-9-5-4-8-21(22)26-23(27)20(25)14-17-6-2-1-3-7-17/h1-13,20H,14,16,25H2. The second-order valence-corrected chi connectivity index (χ2v) is 6.65. The zero-order valence-corrected chi connectivity index (χ0v) is 14.9. The number of nitriles is 1. The number of aromatic nitrogens is 2. The average Bonchev–Trinajstić information content (AvgIpc) is 3.08. The molecule has 0 spiro atoms. The van der Waals surface area contributed by atoms with Gasteiger partial charge in [-0.25, -0.2) is 4.98 Å². The molecule has 0 aliphatic rings. The number of para-hydroxylation sites is 2. The van der Waals surface area contributed by atoms with Crippen LogP contribution in [0, 0.1) is 11.3 Å². The molecule has 4 rings (SSSR count).